The topological polar surface area (TPSA) is 103 Å². The van der Waals surface area contributed by atoms with Crippen LogP contribution in [-0.4, -0.2) is 50.5 Å². The molecule has 34 heavy (non-hydrogen) atoms. The van der Waals surface area contributed by atoms with Crippen molar-refractivity contribution in [3.63, 3.8) is 0 Å². The van der Waals surface area contributed by atoms with Crippen LogP contribution in [0.2, 0.25) is 0 Å². The lowest BCUT2D eigenvalue weighted by atomic mass is 9.94. The van der Waals surface area contributed by atoms with E-state index in [2.05, 4.69) is 4.98 Å². The van der Waals surface area contributed by atoms with Crippen molar-refractivity contribution >= 4 is 51.8 Å². The van der Waals surface area contributed by atoms with Crippen molar-refractivity contribution in [1.29, 1.82) is 0 Å². The number of carbonyl (C=O) groups excluding carboxylic acids is 2. The minimum atomic E-state index is -1.11. The number of thioether (sulfide) groups is 1. The summed E-state index contributed by atoms with van der Waals surface area (Å²) in [5, 5.41) is 9.86. The summed E-state index contributed by atoms with van der Waals surface area (Å²) in [6.07, 6.45) is 4.97. The number of hydrogen-bond donors (Lipinski definition) is 1. The van der Waals surface area contributed by atoms with Gasteiger partial charge in [-0.05, 0) is 49.7 Å². The molecule has 2 aromatic rings. The first-order chi connectivity index (χ1) is 16.4. The Morgan fingerprint density at radius 3 is 2.59 bits per heavy atom. The van der Waals surface area contributed by atoms with E-state index in [0.29, 0.717) is 27.1 Å². The molecule has 1 N–H and O–H groups in total. The molecule has 0 bridgehead atoms. The molecule has 3 aliphatic rings. The number of hydrogen-bond acceptors (Lipinski definition) is 6. The van der Waals surface area contributed by atoms with Crippen LogP contribution in [0.3, 0.4) is 0 Å². The van der Waals surface area contributed by atoms with E-state index in [0.717, 1.165) is 37.8 Å². The smallest absolute Gasteiger partial charge is 0.323 e. The fourth-order valence-corrected chi connectivity index (χ4v) is 5.89. The van der Waals surface area contributed by atoms with Crippen molar-refractivity contribution in [1.82, 2.24) is 9.88 Å². The van der Waals surface area contributed by atoms with Gasteiger partial charge in [0.25, 0.3) is 11.8 Å². The van der Waals surface area contributed by atoms with E-state index in [4.69, 9.17) is 4.99 Å². The molecule has 5 rings (SSSR count). The molecular formula is C25H24N4O4S. The van der Waals surface area contributed by atoms with Gasteiger partial charge in [-0.2, -0.15) is 0 Å². The lowest BCUT2D eigenvalue weighted by molar-refractivity contribution is -0.136. The fourth-order valence-electron chi connectivity index (χ4n) is 4.76. The number of amidine groups is 1. The molecule has 0 radical (unpaired) electrons. The van der Waals surface area contributed by atoms with Crippen LogP contribution in [0, 0.1) is 6.92 Å². The van der Waals surface area contributed by atoms with Gasteiger partial charge in [0.1, 0.15) is 6.54 Å². The Labute approximate surface area is 201 Å². The zero-order valence-corrected chi connectivity index (χ0v) is 19.5. The van der Waals surface area contributed by atoms with Crippen molar-refractivity contribution in [2.45, 2.75) is 45.1 Å². The molecule has 0 atom stereocenters. The average molecular weight is 477 g/mol. The van der Waals surface area contributed by atoms with Crippen LogP contribution in [-0.2, 0) is 14.4 Å². The van der Waals surface area contributed by atoms with Crippen molar-refractivity contribution < 1.29 is 19.5 Å². The second kappa shape index (κ2) is 9.06. The van der Waals surface area contributed by atoms with Gasteiger partial charge in [0, 0.05) is 17.3 Å². The zero-order chi connectivity index (χ0) is 23.8. The molecular weight excluding hydrogens is 452 g/mol. The predicted octanol–water partition coefficient (Wildman–Crippen LogP) is 4.13. The third-order valence-corrected chi connectivity index (χ3v) is 7.33. The summed E-state index contributed by atoms with van der Waals surface area (Å²) in [5.74, 6) is -1.33. The maximum absolute atomic E-state index is 13.8. The van der Waals surface area contributed by atoms with E-state index in [9.17, 15) is 19.5 Å². The summed E-state index contributed by atoms with van der Waals surface area (Å²) in [7, 11) is 0. The number of pyridine rings is 1. The van der Waals surface area contributed by atoms with Gasteiger partial charge in [0.15, 0.2) is 11.0 Å². The van der Waals surface area contributed by atoms with Crippen molar-refractivity contribution in [3.05, 3.63) is 58.6 Å². The van der Waals surface area contributed by atoms with Crippen molar-refractivity contribution in [2.75, 3.05) is 11.4 Å². The van der Waals surface area contributed by atoms with Crippen molar-refractivity contribution in [2.24, 2.45) is 4.99 Å². The number of amides is 2. The normalized spacial score (nSPS) is 22.1. The molecule has 2 fully saturated rings. The number of carbonyl (C=O) groups is 3. The Bertz CT molecular complexity index is 1250. The first-order valence-corrected chi connectivity index (χ1v) is 12.2. The minimum absolute atomic E-state index is 0.0114. The summed E-state index contributed by atoms with van der Waals surface area (Å²) in [4.78, 5) is 51.0. The summed E-state index contributed by atoms with van der Waals surface area (Å²) >= 11 is 1.18. The fraction of sp³-hybridized carbons (Fsp3) is 0.320. The Hall–Kier alpha value is -3.46. The highest BCUT2D eigenvalue weighted by Crippen LogP contribution is 2.46. The molecule has 1 saturated carbocycles. The third kappa shape index (κ3) is 4.00. The van der Waals surface area contributed by atoms with E-state index in [1.165, 1.54) is 16.7 Å². The molecule has 1 aromatic carbocycles. The summed E-state index contributed by atoms with van der Waals surface area (Å²) in [5.41, 5.74) is 2.14. The highest BCUT2D eigenvalue weighted by Gasteiger charge is 2.45. The van der Waals surface area contributed by atoms with Gasteiger partial charge in [0.05, 0.1) is 16.2 Å². The molecule has 3 heterocycles. The Kier molecular flexibility index (Phi) is 5.95. The van der Waals surface area contributed by atoms with Crippen LogP contribution in [0.5, 0.6) is 0 Å². The van der Waals surface area contributed by atoms with E-state index in [-0.39, 0.29) is 17.5 Å². The molecule has 1 saturated heterocycles. The molecule has 0 unspecified atom stereocenters. The van der Waals surface area contributed by atoms with Gasteiger partial charge < -0.3 is 5.11 Å². The Morgan fingerprint density at radius 2 is 1.85 bits per heavy atom. The van der Waals surface area contributed by atoms with Gasteiger partial charge in [-0.25, -0.2) is 9.98 Å². The number of aliphatic carboxylic acids is 1. The number of anilines is 1. The number of para-hydroxylation sites is 1. The molecule has 1 aromatic heterocycles. The molecule has 2 aliphatic heterocycles. The first-order valence-electron chi connectivity index (χ1n) is 11.3. The number of carboxylic acids is 1. The van der Waals surface area contributed by atoms with Crippen LogP contribution >= 0.6 is 11.8 Å². The molecule has 1 aliphatic carbocycles. The van der Waals surface area contributed by atoms with E-state index in [1.54, 1.807) is 35.2 Å². The summed E-state index contributed by atoms with van der Waals surface area (Å²) in [6, 6.07) is 12.6. The van der Waals surface area contributed by atoms with Crippen LogP contribution in [0.15, 0.2) is 52.4 Å². The van der Waals surface area contributed by atoms with Gasteiger partial charge in [-0.1, -0.05) is 43.5 Å². The van der Waals surface area contributed by atoms with E-state index in [1.807, 2.05) is 19.1 Å². The number of benzene rings is 1. The predicted molar refractivity (Wildman–Crippen MR) is 131 cm³/mol. The van der Waals surface area contributed by atoms with Gasteiger partial charge in [-0.15, -0.1) is 0 Å². The quantitative estimate of drug-likeness (QED) is 0.666. The standard InChI is InChI=1S/C25H24N4O4S/c1-15-8-7-13-19(26-15)27-25-29(16-9-3-2-4-10-16)24(33)22(34-25)21-17-11-5-6-12-18(17)28(23(21)32)14-20(30)31/h5-8,11-13,16H,2-4,9-10,14H2,1H3,(H,30,31)/b22-21-,27-25+. The average Bonchev–Trinajstić information content (AvgIpc) is 3.27. The number of nitrogens with zero attached hydrogens (tertiary/aromatic N) is 4. The number of fused-ring (bicyclic) bond motifs is 1. The maximum Gasteiger partial charge on any atom is 0.323 e. The highest BCUT2D eigenvalue weighted by molar-refractivity contribution is 8.18. The largest absolute Gasteiger partial charge is 0.480 e. The maximum atomic E-state index is 13.8. The van der Waals surface area contributed by atoms with Crippen molar-refractivity contribution in [3.8, 4) is 0 Å². The molecule has 8 nitrogen and oxygen atoms in total. The number of carboxylic acid groups (broad SMARTS) is 1. The van der Waals surface area contributed by atoms with Crippen LogP contribution in [0.1, 0.15) is 43.4 Å². The van der Waals surface area contributed by atoms with Crippen LogP contribution in [0.4, 0.5) is 11.5 Å². The number of aryl methyl sites for hydroxylation is 1. The number of rotatable bonds is 4. The summed E-state index contributed by atoms with van der Waals surface area (Å²) < 4.78 is 0. The highest BCUT2D eigenvalue weighted by atomic mass is 32.2. The second-order valence-electron chi connectivity index (χ2n) is 8.61. The minimum Gasteiger partial charge on any atom is -0.480 e. The Morgan fingerprint density at radius 1 is 1.09 bits per heavy atom. The van der Waals surface area contributed by atoms with Crippen LogP contribution < -0.4 is 4.90 Å². The lowest BCUT2D eigenvalue weighted by Crippen LogP contribution is -2.40. The van der Waals surface area contributed by atoms with E-state index < -0.39 is 18.4 Å². The number of aliphatic imine (C=N–C) groups is 1. The Balaban J connectivity index is 1.63. The zero-order valence-electron chi connectivity index (χ0n) is 18.7. The monoisotopic (exact) mass is 476 g/mol. The first kappa shape index (κ1) is 22.3. The van der Waals surface area contributed by atoms with Gasteiger partial charge in [0.2, 0.25) is 0 Å². The molecule has 174 valence electrons. The SMILES string of the molecule is Cc1cccc(/N=C2/S/C(=C3\C(=O)N(CC(=O)O)c4ccccc43)C(=O)N2C2CCCCC2)n1. The molecule has 2 amide bonds. The van der Waals surface area contributed by atoms with E-state index >= 15 is 0 Å². The summed E-state index contributed by atoms with van der Waals surface area (Å²) in [6.45, 7) is 1.42. The molecule has 0 spiro atoms. The number of aromatic nitrogens is 1. The van der Waals surface area contributed by atoms with Gasteiger partial charge in [-0.3, -0.25) is 24.2 Å². The second-order valence-corrected chi connectivity index (χ2v) is 9.58. The van der Waals surface area contributed by atoms with Gasteiger partial charge >= 0.3 is 5.97 Å². The molecule has 9 heteroatoms. The third-order valence-electron chi connectivity index (χ3n) is 6.28. The lowest BCUT2D eigenvalue weighted by Gasteiger charge is -2.30. The van der Waals surface area contributed by atoms with Crippen LogP contribution in [0.25, 0.3) is 5.57 Å².